The number of amidine groups is 1. The van der Waals surface area contributed by atoms with E-state index in [1.807, 2.05) is 0 Å². The molecule has 0 spiro atoms. The summed E-state index contributed by atoms with van der Waals surface area (Å²) in [5, 5.41) is 21.6. The molecule has 39 heavy (non-hydrogen) atoms. The molecule has 4 N–H and O–H groups in total. The summed E-state index contributed by atoms with van der Waals surface area (Å²) < 4.78 is 68.7. The van der Waals surface area contributed by atoms with Crippen LogP contribution in [0.3, 0.4) is 0 Å². The Kier molecular flexibility index (Phi) is 8.16. The number of nitrogens with zero attached hydrogens (tertiary/aromatic N) is 3. The van der Waals surface area contributed by atoms with Gasteiger partial charge in [-0.25, -0.2) is 4.68 Å². The Balaban J connectivity index is 1.83. The van der Waals surface area contributed by atoms with Crippen molar-refractivity contribution in [1.29, 1.82) is 0 Å². The number of benzene rings is 1. The number of ether oxygens (including phenoxy) is 1. The second-order valence-corrected chi connectivity index (χ2v) is 11.2. The predicted octanol–water partition coefficient (Wildman–Crippen LogP) is 4.34. The van der Waals surface area contributed by atoms with E-state index in [1.165, 1.54) is 29.5 Å². The summed E-state index contributed by atoms with van der Waals surface area (Å²) in [6, 6.07) is 6.02. The first-order valence-corrected chi connectivity index (χ1v) is 13.8. The monoisotopic (exact) mass is 585 g/mol. The molecule has 4 rings (SSSR count). The summed E-state index contributed by atoms with van der Waals surface area (Å²) >= 11 is 1.29. The first kappa shape index (κ1) is 28.4. The number of aromatic hydroxyl groups is 1. The number of anilines is 1. The van der Waals surface area contributed by atoms with E-state index in [-0.39, 0.29) is 28.3 Å². The van der Waals surface area contributed by atoms with Crippen molar-refractivity contribution in [2.45, 2.75) is 26.1 Å². The van der Waals surface area contributed by atoms with E-state index >= 15 is 0 Å². The van der Waals surface area contributed by atoms with Gasteiger partial charge >= 0.3 is 13.7 Å². The Bertz CT molecular complexity index is 1520. The van der Waals surface area contributed by atoms with Crippen LogP contribution in [0.5, 0.6) is 11.5 Å². The van der Waals surface area contributed by atoms with Gasteiger partial charge in [0.1, 0.15) is 29.5 Å². The summed E-state index contributed by atoms with van der Waals surface area (Å²) in [7, 11) is -2.86. The largest absolute Gasteiger partial charge is 0.505 e. The van der Waals surface area contributed by atoms with Crippen LogP contribution >= 0.6 is 18.9 Å². The van der Waals surface area contributed by atoms with Gasteiger partial charge in [-0.2, -0.15) is 40.3 Å². The maximum absolute atomic E-state index is 13.7. The van der Waals surface area contributed by atoms with Gasteiger partial charge in [0.15, 0.2) is 11.6 Å². The van der Waals surface area contributed by atoms with Crippen LogP contribution in [-0.2, 0) is 20.5 Å². The number of alkyl halides is 3. The minimum Gasteiger partial charge on any atom is -0.505 e. The van der Waals surface area contributed by atoms with Crippen LogP contribution in [0.2, 0.25) is 0 Å². The minimum absolute atomic E-state index is 0.0503. The molecule has 2 aromatic heterocycles. The van der Waals surface area contributed by atoms with Gasteiger partial charge in [0.25, 0.3) is 5.56 Å². The van der Waals surface area contributed by atoms with Gasteiger partial charge in [-0.05, 0) is 36.1 Å². The first-order valence-electron chi connectivity index (χ1n) is 11.3. The normalized spacial score (nSPS) is 17.8. The summed E-state index contributed by atoms with van der Waals surface area (Å²) in [5.74, 6) is 2.57. The molecule has 208 valence electrons. The van der Waals surface area contributed by atoms with Crippen LogP contribution in [0.25, 0.3) is 11.3 Å². The van der Waals surface area contributed by atoms with Gasteiger partial charge < -0.3 is 24.5 Å². The third kappa shape index (κ3) is 5.86. The summed E-state index contributed by atoms with van der Waals surface area (Å²) in [6.07, 6.45) is -2.68. The minimum atomic E-state index is -4.46. The number of hydrogen-bond acceptors (Lipinski definition) is 10. The molecule has 0 saturated carbocycles. The van der Waals surface area contributed by atoms with Crippen molar-refractivity contribution in [2.75, 3.05) is 12.4 Å². The zero-order chi connectivity index (χ0) is 28.4. The number of fused-ring (bicyclic) bond motifs is 1. The first-order chi connectivity index (χ1) is 18.5. The van der Waals surface area contributed by atoms with Gasteiger partial charge in [-0.3, -0.25) is 9.36 Å². The standard InChI is InChI=1S/C23H23F3N5O6PS/c1-13(23(24,25)26)5-7-31-22(33)18(20(32)19(29-31)14-6-10-39-12-14)21-28-16-4-3-15(36-8-9-37-27)11-17(16)38(34,30-21)35-2/h3-4,6,8-13,32H,5,7,27H2,1-2H3,(H,28,30,34). The molecule has 0 saturated heterocycles. The zero-order valence-electron chi connectivity index (χ0n) is 20.5. The van der Waals surface area contributed by atoms with Crippen molar-refractivity contribution in [3.05, 3.63) is 63.5 Å². The second-order valence-electron chi connectivity index (χ2n) is 8.33. The number of rotatable bonds is 9. The van der Waals surface area contributed by atoms with Crippen molar-refractivity contribution in [3.8, 4) is 22.8 Å². The number of halogens is 3. The average Bonchev–Trinajstić information content (AvgIpc) is 3.43. The molecule has 0 radical (unpaired) electrons. The number of aromatic nitrogens is 2. The zero-order valence-corrected chi connectivity index (χ0v) is 22.2. The lowest BCUT2D eigenvalue weighted by molar-refractivity contribution is -0.171. The summed E-state index contributed by atoms with van der Waals surface area (Å²) in [4.78, 5) is 17.7. The molecule has 3 aromatic rings. The van der Waals surface area contributed by atoms with E-state index in [4.69, 9.17) is 15.2 Å². The van der Waals surface area contributed by atoms with Gasteiger partial charge in [0.2, 0.25) is 0 Å². The van der Waals surface area contributed by atoms with Gasteiger partial charge in [0, 0.05) is 24.6 Å². The molecule has 2 unspecified atom stereocenters. The Morgan fingerprint density at radius 3 is 2.72 bits per heavy atom. The maximum atomic E-state index is 13.7. The molecule has 0 aliphatic carbocycles. The van der Waals surface area contributed by atoms with E-state index in [9.17, 15) is 27.6 Å². The van der Waals surface area contributed by atoms with Crippen LogP contribution in [-0.4, -0.2) is 34.0 Å². The third-order valence-corrected chi connectivity index (χ3v) is 8.46. The Labute approximate surface area is 223 Å². The lowest BCUT2D eigenvalue weighted by Crippen LogP contribution is -2.35. The molecule has 0 fully saturated rings. The van der Waals surface area contributed by atoms with Crippen LogP contribution in [0, 0.1) is 5.92 Å². The molecular weight excluding hydrogens is 562 g/mol. The summed E-state index contributed by atoms with van der Waals surface area (Å²) in [5.41, 5.74) is -0.728. The van der Waals surface area contributed by atoms with Gasteiger partial charge in [-0.15, -0.1) is 0 Å². The van der Waals surface area contributed by atoms with E-state index in [1.54, 1.807) is 16.8 Å². The molecule has 0 amide bonds. The van der Waals surface area contributed by atoms with Crippen LogP contribution in [0.15, 0.2) is 57.1 Å². The van der Waals surface area contributed by atoms with E-state index in [0.29, 0.717) is 5.56 Å². The lowest BCUT2D eigenvalue weighted by atomic mass is 10.1. The fraction of sp³-hybridized carbons (Fsp3) is 0.261. The highest BCUT2D eigenvalue weighted by Gasteiger charge is 2.37. The van der Waals surface area contributed by atoms with E-state index in [0.717, 1.165) is 31.2 Å². The van der Waals surface area contributed by atoms with E-state index < -0.39 is 49.5 Å². The molecule has 1 aliphatic heterocycles. The number of hydrogen-bond donors (Lipinski definition) is 3. The Morgan fingerprint density at radius 2 is 2.08 bits per heavy atom. The molecule has 16 heteroatoms. The van der Waals surface area contributed by atoms with Gasteiger partial charge in [0.05, 0.1) is 16.9 Å². The van der Waals surface area contributed by atoms with Crippen molar-refractivity contribution < 1.29 is 36.9 Å². The van der Waals surface area contributed by atoms with Crippen LogP contribution in [0.4, 0.5) is 18.9 Å². The Hall–Kier alpha value is -3.65. The Morgan fingerprint density at radius 1 is 1.31 bits per heavy atom. The highest BCUT2D eigenvalue weighted by Crippen LogP contribution is 2.52. The fourth-order valence-electron chi connectivity index (χ4n) is 3.65. The quantitative estimate of drug-likeness (QED) is 0.189. The fourth-order valence-corrected chi connectivity index (χ4v) is 5.82. The van der Waals surface area contributed by atoms with Crippen molar-refractivity contribution in [1.82, 2.24) is 9.78 Å². The van der Waals surface area contributed by atoms with Crippen molar-refractivity contribution in [3.63, 3.8) is 0 Å². The SMILES string of the molecule is COP1(=O)N=C(c2c(O)c(-c3ccsc3)nn(CCC(C)C(F)(F)F)c2=O)Nc2ccc(OC=CON)cc21. The third-order valence-electron chi connectivity index (χ3n) is 5.84. The highest BCUT2D eigenvalue weighted by atomic mass is 32.1. The molecule has 1 aromatic carbocycles. The van der Waals surface area contributed by atoms with Gasteiger partial charge in [-0.1, -0.05) is 6.92 Å². The topological polar surface area (TPSA) is 150 Å². The number of thiophene rings is 1. The van der Waals surface area contributed by atoms with Crippen LogP contribution in [0.1, 0.15) is 18.9 Å². The lowest BCUT2D eigenvalue weighted by Gasteiger charge is -2.25. The van der Waals surface area contributed by atoms with Crippen molar-refractivity contribution in [2.24, 2.45) is 16.6 Å². The smallest absolute Gasteiger partial charge is 0.391 e. The summed E-state index contributed by atoms with van der Waals surface area (Å²) in [6.45, 7) is 0.609. The molecule has 1 aliphatic rings. The molecule has 0 bridgehead atoms. The van der Waals surface area contributed by atoms with Crippen molar-refractivity contribution >= 4 is 35.7 Å². The van der Waals surface area contributed by atoms with Crippen LogP contribution < -0.4 is 26.8 Å². The predicted molar refractivity (Wildman–Crippen MR) is 139 cm³/mol. The molecule has 2 atom stereocenters. The average molecular weight is 586 g/mol. The second kappa shape index (κ2) is 11.2. The van der Waals surface area contributed by atoms with E-state index in [2.05, 4.69) is 20.0 Å². The maximum Gasteiger partial charge on any atom is 0.391 e. The number of nitrogens with one attached hydrogen (secondary N) is 1. The molecular formula is C23H23F3N5O6PS. The highest BCUT2D eigenvalue weighted by molar-refractivity contribution is 7.66. The number of aryl methyl sites for hydroxylation is 1. The molecule has 3 heterocycles. The number of nitrogens with two attached hydrogens (primary N) is 1. The molecule has 11 nitrogen and oxygen atoms in total.